The molecule has 16 heavy (non-hydrogen) atoms. The van der Waals surface area contributed by atoms with E-state index in [0.717, 1.165) is 0 Å². The van der Waals surface area contributed by atoms with E-state index < -0.39 is 29.2 Å². The molecule has 0 amide bonds. The van der Waals surface area contributed by atoms with Gasteiger partial charge in [0.05, 0.1) is 0 Å². The predicted molar refractivity (Wildman–Crippen MR) is 42.9 cm³/mol. The Labute approximate surface area is 86.3 Å². The topological polar surface area (TPSA) is 37.3 Å². The molecule has 0 aliphatic carbocycles. The molecule has 2 nitrogen and oxygen atoms in total. The molecule has 1 aromatic carbocycles. The summed E-state index contributed by atoms with van der Waals surface area (Å²) in [7, 11) is 0. The van der Waals surface area contributed by atoms with Crippen molar-refractivity contribution in [2.24, 2.45) is 0 Å². The lowest BCUT2D eigenvalue weighted by molar-refractivity contribution is -0.240. The maximum atomic E-state index is 13.4. The molecule has 1 aromatic rings. The van der Waals surface area contributed by atoms with Crippen LogP contribution in [0, 0.1) is 5.82 Å². The Kier molecular flexibility index (Phi) is 2.89. The van der Waals surface area contributed by atoms with E-state index in [4.69, 9.17) is 5.11 Å². The molecule has 0 fully saturated rings. The number of hydrogen-bond donors (Lipinski definition) is 1. The highest BCUT2D eigenvalue weighted by molar-refractivity contribution is 5.80. The molecule has 0 saturated carbocycles. The Morgan fingerprint density at radius 2 is 1.50 bits per heavy atom. The summed E-state index contributed by atoms with van der Waals surface area (Å²) in [4.78, 5) is 10.4. The Bertz CT molecular complexity index is 397. The predicted octanol–water partition coefficient (Wildman–Crippen LogP) is 2.64. The molecule has 0 aromatic heterocycles. The van der Waals surface area contributed by atoms with Crippen molar-refractivity contribution in [3.05, 3.63) is 35.6 Å². The second-order valence-electron chi connectivity index (χ2n) is 2.97. The zero-order valence-corrected chi connectivity index (χ0v) is 7.55. The number of carboxylic acid groups (broad SMARTS) is 1. The van der Waals surface area contributed by atoms with E-state index in [1.165, 1.54) is 0 Å². The Balaban J connectivity index is 3.34. The maximum Gasteiger partial charge on any atom is 0.437 e. The Morgan fingerprint density at radius 3 is 1.81 bits per heavy atom. The number of benzene rings is 1. The first kappa shape index (κ1) is 12.4. The van der Waals surface area contributed by atoms with Gasteiger partial charge in [0.2, 0.25) is 0 Å². The average Bonchev–Trinajstić information content (AvgIpc) is 2.15. The monoisotopic (exact) mass is 240 g/mol. The third-order valence-corrected chi connectivity index (χ3v) is 1.93. The SMILES string of the molecule is O=C(O)C(F)(c1ccc(F)cc1)C(F)(F)F. The van der Waals surface area contributed by atoms with Gasteiger partial charge in [-0.3, -0.25) is 0 Å². The molecule has 0 aliphatic heterocycles. The molecule has 1 unspecified atom stereocenters. The number of halogens is 5. The van der Waals surface area contributed by atoms with Crippen molar-refractivity contribution < 1.29 is 31.9 Å². The van der Waals surface area contributed by atoms with Crippen LogP contribution in [0.1, 0.15) is 5.56 Å². The number of hydrogen-bond acceptors (Lipinski definition) is 1. The molecule has 7 heteroatoms. The molecule has 0 saturated heterocycles. The van der Waals surface area contributed by atoms with E-state index in [1.807, 2.05) is 0 Å². The lowest BCUT2D eigenvalue weighted by Crippen LogP contribution is -2.45. The van der Waals surface area contributed by atoms with E-state index in [2.05, 4.69) is 0 Å². The summed E-state index contributed by atoms with van der Waals surface area (Å²) < 4.78 is 62.7. The van der Waals surface area contributed by atoms with Crippen LogP contribution in [0.5, 0.6) is 0 Å². The first-order valence-corrected chi connectivity index (χ1v) is 3.94. The molecule has 0 radical (unpaired) electrons. The standard InChI is InChI=1S/C9H5F5O2/c10-6-3-1-5(2-4-6)8(11,7(15)16)9(12,13)14/h1-4H,(H,15,16). The molecule has 0 spiro atoms. The van der Waals surface area contributed by atoms with Gasteiger partial charge in [-0.1, -0.05) is 12.1 Å². The normalized spacial score (nSPS) is 15.6. The Morgan fingerprint density at radius 1 is 1.06 bits per heavy atom. The molecule has 1 rings (SSSR count). The summed E-state index contributed by atoms with van der Waals surface area (Å²) in [5.41, 5.74) is -5.70. The summed E-state index contributed by atoms with van der Waals surface area (Å²) in [5.74, 6) is -3.58. The Hall–Kier alpha value is -1.66. The molecule has 0 aliphatic rings. The highest BCUT2D eigenvalue weighted by atomic mass is 19.4. The van der Waals surface area contributed by atoms with Gasteiger partial charge in [-0.25, -0.2) is 13.6 Å². The quantitative estimate of drug-likeness (QED) is 0.807. The van der Waals surface area contributed by atoms with Gasteiger partial charge in [-0.2, -0.15) is 13.2 Å². The second-order valence-corrected chi connectivity index (χ2v) is 2.97. The third kappa shape index (κ3) is 1.84. The number of aliphatic carboxylic acids is 1. The van der Waals surface area contributed by atoms with Crippen LogP contribution in [0.25, 0.3) is 0 Å². The van der Waals surface area contributed by atoms with Gasteiger partial charge in [-0.15, -0.1) is 0 Å². The van der Waals surface area contributed by atoms with Crippen LogP contribution in [0.3, 0.4) is 0 Å². The van der Waals surface area contributed by atoms with Crippen molar-refractivity contribution in [3.63, 3.8) is 0 Å². The lowest BCUT2D eigenvalue weighted by atomic mass is 9.95. The van der Waals surface area contributed by atoms with Crippen molar-refractivity contribution in [2.75, 3.05) is 0 Å². The summed E-state index contributed by atoms with van der Waals surface area (Å²) in [5, 5.41) is 8.30. The van der Waals surface area contributed by atoms with E-state index in [1.54, 1.807) is 0 Å². The molecular weight excluding hydrogens is 235 g/mol. The van der Waals surface area contributed by atoms with Crippen molar-refractivity contribution in [2.45, 2.75) is 11.8 Å². The molecule has 1 N–H and O–H groups in total. The van der Waals surface area contributed by atoms with Gasteiger partial charge < -0.3 is 5.11 Å². The maximum absolute atomic E-state index is 13.4. The van der Waals surface area contributed by atoms with E-state index in [-0.39, 0.29) is 0 Å². The summed E-state index contributed by atoms with van der Waals surface area (Å²) >= 11 is 0. The van der Waals surface area contributed by atoms with Crippen LogP contribution in [0.4, 0.5) is 22.0 Å². The van der Waals surface area contributed by atoms with E-state index in [0.29, 0.717) is 24.3 Å². The molecule has 0 heterocycles. The second kappa shape index (κ2) is 3.73. The van der Waals surface area contributed by atoms with Crippen LogP contribution in [-0.2, 0) is 10.5 Å². The highest BCUT2D eigenvalue weighted by Crippen LogP contribution is 2.42. The lowest BCUT2D eigenvalue weighted by Gasteiger charge is -2.23. The zero-order chi connectivity index (χ0) is 12.6. The minimum absolute atomic E-state index is 0.441. The van der Waals surface area contributed by atoms with Crippen LogP contribution >= 0.6 is 0 Å². The fraction of sp³-hybridized carbons (Fsp3) is 0.222. The van der Waals surface area contributed by atoms with Crippen LogP contribution < -0.4 is 0 Å². The van der Waals surface area contributed by atoms with Crippen molar-refractivity contribution in [3.8, 4) is 0 Å². The molecular formula is C9H5F5O2. The van der Waals surface area contributed by atoms with Gasteiger partial charge in [0.15, 0.2) is 0 Å². The molecule has 88 valence electrons. The van der Waals surface area contributed by atoms with Crippen molar-refractivity contribution >= 4 is 5.97 Å². The van der Waals surface area contributed by atoms with E-state index in [9.17, 15) is 26.7 Å². The van der Waals surface area contributed by atoms with Gasteiger partial charge in [-0.05, 0) is 12.1 Å². The molecule has 1 atom stereocenters. The van der Waals surface area contributed by atoms with Crippen LogP contribution in [-0.4, -0.2) is 17.3 Å². The minimum Gasteiger partial charge on any atom is -0.478 e. The molecule has 0 bridgehead atoms. The average molecular weight is 240 g/mol. The van der Waals surface area contributed by atoms with Gasteiger partial charge >= 0.3 is 17.8 Å². The number of carbonyl (C=O) groups is 1. The summed E-state index contributed by atoms with van der Waals surface area (Å²) in [6, 6.07) is 1.99. The minimum atomic E-state index is -5.61. The van der Waals surface area contributed by atoms with Gasteiger partial charge in [0.25, 0.3) is 0 Å². The van der Waals surface area contributed by atoms with Gasteiger partial charge in [0.1, 0.15) is 5.82 Å². The largest absolute Gasteiger partial charge is 0.478 e. The third-order valence-electron chi connectivity index (χ3n) is 1.93. The van der Waals surface area contributed by atoms with Crippen LogP contribution in [0.2, 0.25) is 0 Å². The number of rotatable bonds is 2. The van der Waals surface area contributed by atoms with Crippen molar-refractivity contribution in [1.82, 2.24) is 0 Å². The summed E-state index contributed by atoms with van der Waals surface area (Å²) in [6.45, 7) is 0. The zero-order valence-electron chi connectivity index (χ0n) is 7.55. The first-order valence-electron chi connectivity index (χ1n) is 3.94. The number of carboxylic acids is 1. The number of alkyl halides is 4. The van der Waals surface area contributed by atoms with Crippen LogP contribution in [0.15, 0.2) is 24.3 Å². The van der Waals surface area contributed by atoms with Crippen molar-refractivity contribution in [1.29, 1.82) is 0 Å². The fourth-order valence-corrected chi connectivity index (χ4v) is 1.09. The first-order chi connectivity index (χ1) is 7.19. The van der Waals surface area contributed by atoms with Gasteiger partial charge in [0, 0.05) is 5.56 Å². The smallest absolute Gasteiger partial charge is 0.437 e. The summed E-state index contributed by atoms with van der Waals surface area (Å²) in [6.07, 6.45) is -5.61. The van der Waals surface area contributed by atoms with E-state index >= 15 is 0 Å². The highest BCUT2D eigenvalue weighted by Gasteiger charge is 2.63. The fourth-order valence-electron chi connectivity index (χ4n) is 1.09.